The highest BCUT2D eigenvalue weighted by Crippen LogP contribution is 2.47. The first kappa shape index (κ1) is 23.3. The van der Waals surface area contributed by atoms with Crippen LogP contribution in [0.5, 0.6) is 0 Å². The fourth-order valence-corrected chi connectivity index (χ4v) is 5.52. The molecule has 5 rings (SSSR count). The first-order valence-electron chi connectivity index (χ1n) is 11.6. The van der Waals surface area contributed by atoms with Crippen LogP contribution in [0.2, 0.25) is 0 Å². The van der Waals surface area contributed by atoms with Crippen molar-refractivity contribution in [3.05, 3.63) is 36.4 Å². The van der Waals surface area contributed by atoms with E-state index >= 15 is 0 Å². The predicted octanol–water partition coefficient (Wildman–Crippen LogP) is 4.52. The monoisotopic (exact) mass is 465 g/mol. The number of hydrogen-bond donors (Lipinski definition) is 0. The molecule has 8 heteroatoms. The van der Waals surface area contributed by atoms with Gasteiger partial charge in [0.25, 0.3) is 0 Å². The van der Waals surface area contributed by atoms with Gasteiger partial charge in [0, 0.05) is 16.8 Å². The molecule has 5 nitrogen and oxygen atoms in total. The van der Waals surface area contributed by atoms with Crippen LogP contribution in [-0.4, -0.2) is 43.7 Å². The molecular formula is C25H33B2NO4S. The molecule has 0 bridgehead atoms. The van der Waals surface area contributed by atoms with Gasteiger partial charge in [0.1, 0.15) is 0 Å². The minimum atomic E-state index is -0.372. The van der Waals surface area contributed by atoms with Gasteiger partial charge in [0.15, 0.2) is 0 Å². The van der Waals surface area contributed by atoms with Crippen LogP contribution in [-0.2, 0) is 18.6 Å². The standard InChI is InChI=1S/C25H33B2NO4S/c1-22(2)23(3,4)30-26(29-22)16-10-12-18-20(14-16)33-21-15-17(11-13-19(21)28(18)9)27-31-24(5,6)25(7,8)32-27/h10-15H,1-9H3. The van der Waals surface area contributed by atoms with Crippen LogP contribution in [0.3, 0.4) is 0 Å². The van der Waals surface area contributed by atoms with E-state index in [1.165, 1.54) is 21.2 Å². The molecule has 3 aliphatic rings. The molecule has 0 unspecified atom stereocenters. The Balaban J connectivity index is 1.44. The normalized spacial score (nSPS) is 24.1. The largest absolute Gasteiger partial charge is 0.494 e. The quantitative estimate of drug-likeness (QED) is 0.608. The molecule has 2 fully saturated rings. The van der Waals surface area contributed by atoms with Crippen molar-refractivity contribution in [2.24, 2.45) is 0 Å². The highest BCUT2D eigenvalue weighted by atomic mass is 32.2. The summed E-state index contributed by atoms with van der Waals surface area (Å²) in [5.41, 5.74) is 3.00. The Morgan fingerprint density at radius 3 is 1.27 bits per heavy atom. The van der Waals surface area contributed by atoms with Crippen LogP contribution in [0.25, 0.3) is 0 Å². The van der Waals surface area contributed by atoms with Gasteiger partial charge in [0.2, 0.25) is 0 Å². The molecule has 33 heavy (non-hydrogen) atoms. The van der Waals surface area contributed by atoms with Gasteiger partial charge in [0.05, 0.1) is 33.8 Å². The second-order valence-corrected chi connectivity index (χ2v) is 12.4. The smallest absolute Gasteiger partial charge is 0.399 e. The minimum absolute atomic E-state index is 0.359. The SMILES string of the molecule is CN1c2ccc(B3OC(C)(C)C(C)(C)O3)cc2Sc2cc(B3OC(C)(C)C(C)(C)O3)ccc21. The van der Waals surface area contributed by atoms with Gasteiger partial charge in [-0.3, -0.25) is 0 Å². The van der Waals surface area contributed by atoms with Crippen molar-refractivity contribution < 1.29 is 18.6 Å². The lowest BCUT2D eigenvalue weighted by Gasteiger charge is -2.32. The Kier molecular flexibility index (Phi) is 5.14. The van der Waals surface area contributed by atoms with Crippen molar-refractivity contribution in [2.75, 3.05) is 11.9 Å². The van der Waals surface area contributed by atoms with Gasteiger partial charge in [-0.1, -0.05) is 23.9 Å². The topological polar surface area (TPSA) is 40.2 Å². The summed E-state index contributed by atoms with van der Waals surface area (Å²) < 4.78 is 25.1. The Labute approximate surface area is 202 Å². The highest BCUT2D eigenvalue weighted by Gasteiger charge is 2.53. The van der Waals surface area contributed by atoms with Crippen LogP contribution < -0.4 is 15.8 Å². The molecule has 0 radical (unpaired) electrons. The Bertz CT molecular complexity index is 1000. The molecule has 0 spiro atoms. The summed E-state index contributed by atoms with van der Waals surface area (Å²) in [4.78, 5) is 4.61. The molecule has 174 valence electrons. The summed E-state index contributed by atoms with van der Waals surface area (Å²) in [6, 6.07) is 12.9. The third-order valence-corrected chi connectivity index (χ3v) is 9.05. The lowest BCUT2D eigenvalue weighted by atomic mass is 9.78. The van der Waals surface area contributed by atoms with E-state index in [2.05, 4.69) is 104 Å². The molecule has 0 amide bonds. The maximum absolute atomic E-state index is 6.28. The first-order chi connectivity index (χ1) is 15.2. The van der Waals surface area contributed by atoms with Crippen molar-refractivity contribution >= 4 is 48.3 Å². The van der Waals surface area contributed by atoms with Gasteiger partial charge in [-0.2, -0.15) is 0 Å². The fraction of sp³-hybridized carbons (Fsp3) is 0.520. The van der Waals surface area contributed by atoms with Crippen molar-refractivity contribution in [2.45, 2.75) is 87.6 Å². The van der Waals surface area contributed by atoms with E-state index in [9.17, 15) is 0 Å². The maximum atomic E-state index is 6.28. The Morgan fingerprint density at radius 1 is 0.606 bits per heavy atom. The molecule has 2 aromatic carbocycles. The van der Waals surface area contributed by atoms with E-state index in [0.717, 1.165) is 10.9 Å². The maximum Gasteiger partial charge on any atom is 0.494 e. The van der Waals surface area contributed by atoms with Crippen LogP contribution in [0, 0.1) is 0 Å². The van der Waals surface area contributed by atoms with E-state index in [1.54, 1.807) is 11.8 Å². The number of benzene rings is 2. The number of rotatable bonds is 2. The zero-order valence-corrected chi connectivity index (χ0v) is 21.9. The van der Waals surface area contributed by atoms with Crippen molar-refractivity contribution in [3.8, 4) is 0 Å². The summed E-state index contributed by atoms with van der Waals surface area (Å²) in [5.74, 6) is 0. The fourth-order valence-electron chi connectivity index (χ4n) is 4.28. The van der Waals surface area contributed by atoms with Gasteiger partial charge < -0.3 is 23.5 Å². The molecule has 3 aliphatic heterocycles. The molecule has 2 saturated heterocycles. The first-order valence-corrected chi connectivity index (χ1v) is 12.4. The summed E-state index contributed by atoms with van der Waals surface area (Å²) in [6.07, 6.45) is 0. The van der Waals surface area contributed by atoms with E-state index in [4.69, 9.17) is 18.6 Å². The second-order valence-electron chi connectivity index (χ2n) is 11.3. The van der Waals surface area contributed by atoms with Gasteiger partial charge in [-0.15, -0.1) is 0 Å². The lowest BCUT2D eigenvalue weighted by molar-refractivity contribution is 0.00578. The molecule has 0 atom stereocenters. The third-order valence-electron chi connectivity index (χ3n) is 7.96. The summed E-state index contributed by atoms with van der Waals surface area (Å²) in [7, 11) is 1.37. The zero-order valence-electron chi connectivity index (χ0n) is 21.1. The average molecular weight is 465 g/mol. The number of anilines is 2. The molecule has 0 aromatic heterocycles. The number of hydrogen-bond acceptors (Lipinski definition) is 6. The summed E-state index contributed by atoms with van der Waals surface area (Å²) in [5, 5.41) is 0. The van der Waals surface area contributed by atoms with E-state index in [0.29, 0.717) is 0 Å². The van der Waals surface area contributed by atoms with E-state index < -0.39 is 0 Å². The van der Waals surface area contributed by atoms with Crippen LogP contribution >= 0.6 is 11.8 Å². The number of fused-ring (bicyclic) bond motifs is 2. The van der Waals surface area contributed by atoms with Crippen LogP contribution in [0.1, 0.15) is 55.4 Å². The van der Waals surface area contributed by atoms with Gasteiger partial charge in [-0.05, 0) is 90.6 Å². The van der Waals surface area contributed by atoms with E-state index in [1.807, 2.05) is 0 Å². The van der Waals surface area contributed by atoms with Gasteiger partial charge >= 0.3 is 14.2 Å². The van der Waals surface area contributed by atoms with Crippen molar-refractivity contribution in [3.63, 3.8) is 0 Å². The lowest BCUT2D eigenvalue weighted by Crippen LogP contribution is -2.41. The third kappa shape index (κ3) is 3.66. The van der Waals surface area contributed by atoms with Gasteiger partial charge in [-0.25, -0.2) is 0 Å². The molecule has 0 N–H and O–H groups in total. The van der Waals surface area contributed by atoms with Crippen LogP contribution in [0.15, 0.2) is 46.2 Å². The molecule has 3 heterocycles. The molecule has 2 aromatic rings. The summed E-state index contributed by atoms with van der Waals surface area (Å²) in [6.45, 7) is 16.7. The molecule has 0 saturated carbocycles. The van der Waals surface area contributed by atoms with E-state index in [-0.39, 0.29) is 36.6 Å². The average Bonchev–Trinajstić information content (AvgIpc) is 3.07. The van der Waals surface area contributed by atoms with Crippen molar-refractivity contribution in [1.82, 2.24) is 0 Å². The summed E-state index contributed by atoms with van der Waals surface area (Å²) >= 11 is 1.77. The molecule has 0 aliphatic carbocycles. The zero-order chi connectivity index (χ0) is 24.0. The highest BCUT2D eigenvalue weighted by molar-refractivity contribution is 7.99. The Hall–Kier alpha value is -1.44. The Morgan fingerprint density at radius 2 is 0.939 bits per heavy atom. The minimum Gasteiger partial charge on any atom is -0.399 e. The number of nitrogens with zero attached hydrogens (tertiary/aromatic N) is 1. The van der Waals surface area contributed by atoms with Crippen LogP contribution in [0.4, 0.5) is 11.4 Å². The predicted molar refractivity (Wildman–Crippen MR) is 137 cm³/mol. The van der Waals surface area contributed by atoms with Crippen molar-refractivity contribution in [1.29, 1.82) is 0 Å². The molecular weight excluding hydrogens is 432 g/mol. The second kappa shape index (κ2) is 7.28.